The molecule has 0 fully saturated rings. The Balaban J connectivity index is 2.48. The maximum atomic E-state index is 6.12. The molecule has 0 N–H and O–H groups in total. The van der Waals surface area contributed by atoms with E-state index in [2.05, 4.69) is 44.2 Å². The van der Waals surface area contributed by atoms with Crippen molar-refractivity contribution in [1.82, 2.24) is 0 Å². The van der Waals surface area contributed by atoms with Crippen molar-refractivity contribution in [3.63, 3.8) is 0 Å². The average Bonchev–Trinajstić information content (AvgIpc) is 2.36. The van der Waals surface area contributed by atoms with E-state index in [0.717, 1.165) is 19.3 Å². The van der Waals surface area contributed by atoms with Crippen LogP contribution in [0.1, 0.15) is 32.3 Å². The Bertz CT molecular complexity index is 302. The van der Waals surface area contributed by atoms with Crippen molar-refractivity contribution in [2.24, 2.45) is 11.3 Å². The third-order valence-corrected chi connectivity index (χ3v) is 4.80. The molecule has 0 heterocycles. The van der Waals surface area contributed by atoms with Crippen molar-refractivity contribution in [1.29, 1.82) is 0 Å². The summed E-state index contributed by atoms with van der Waals surface area (Å²) in [6.07, 6.45) is 3.37. The summed E-state index contributed by atoms with van der Waals surface area (Å²) in [5.74, 6) is 1.85. The first kappa shape index (κ1) is 14.9. The van der Waals surface area contributed by atoms with E-state index in [0.29, 0.717) is 17.7 Å². The van der Waals surface area contributed by atoms with Crippen LogP contribution in [-0.4, -0.2) is 11.8 Å². The first-order valence-corrected chi connectivity index (χ1v) is 7.37. The van der Waals surface area contributed by atoms with Crippen LogP contribution in [0.5, 0.6) is 0 Å². The molecule has 0 spiro atoms. The molecule has 0 radical (unpaired) electrons. The van der Waals surface area contributed by atoms with Gasteiger partial charge in [0.25, 0.3) is 0 Å². The molecule has 0 aromatic heterocycles. The molecule has 1 aromatic rings. The average molecular weight is 273 g/mol. The molecule has 0 amide bonds. The maximum absolute atomic E-state index is 6.12. The van der Waals surface area contributed by atoms with Crippen LogP contribution in [0.4, 0.5) is 0 Å². The fraction of sp³-hybridized carbons (Fsp3) is 0.600. The molecule has 0 nitrogen and oxygen atoms in total. The summed E-state index contributed by atoms with van der Waals surface area (Å²) in [6, 6.07) is 10.6. The van der Waals surface area contributed by atoms with Crippen LogP contribution in [0.25, 0.3) is 0 Å². The molecule has 1 aromatic carbocycles. The summed E-state index contributed by atoms with van der Waals surface area (Å²) in [6.45, 7) is 4.43. The molecule has 1 rings (SSSR count). The van der Waals surface area contributed by atoms with Crippen LogP contribution >= 0.6 is 23.2 Å². The molecule has 0 saturated heterocycles. The number of halogens is 2. The Morgan fingerprint density at radius 3 is 2.12 bits per heavy atom. The topological polar surface area (TPSA) is 0 Å². The fourth-order valence-electron chi connectivity index (χ4n) is 2.06. The van der Waals surface area contributed by atoms with Crippen molar-refractivity contribution in [3.05, 3.63) is 35.9 Å². The Labute approximate surface area is 115 Å². The SMILES string of the molecule is CC(C)C(CCl)(CCl)CCCc1ccccc1. The second-order valence-corrected chi connectivity index (χ2v) is 5.66. The molecule has 96 valence electrons. The minimum absolute atomic E-state index is 0.0951. The number of hydrogen-bond acceptors (Lipinski definition) is 0. The Kier molecular flexibility index (Phi) is 6.37. The van der Waals surface area contributed by atoms with E-state index >= 15 is 0 Å². The largest absolute Gasteiger partial charge is 0.126 e. The maximum Gasteiger partial charge on any atom is 0.0293 e. The van der Waals surface area contributed by atoms with Gasteiger partial charge in [-0.25, -0.2) is 0 Å². The van der Waals surface area contributed by atoms with E-state index < -0.39 is 0 Å². The van der Waals surface area contributed by atoms with Gasteiger partial charge in [-0.1, -0.05) is 44.2 Å². The Morgan fingerprint density at radius 2 is 1.65 bits per heavy atom. The van der Waals surface area contributed by atoms with Gasteiger partial charge in [0, 0.05) is 11.8 Å². The lowest BCUT2D eigenvalue weighted by Crippen LogP contribution is -2.31. The van der Waals surface area contributed by atoms with Crippen LogP contribution in [0, 0.1) is 11.3 Å². The molecule has 0 aliphatic heterocycles. The van der Waals surface area contributed by atoms with Gasteiger partial charge >= 0.3 is 0 Å². The number of alkyl halides is 2. The molecule has 0 atom stereocenters. The van der Waals surface area contributed by atoms with Crippen molar-refractivity contribution in [3.8, 4) is 0 Å². The molecule has 17 heavy (non-hydrogen) atoms. The van der Waals surface area contributed by atoms with Gasteiger partial charge in [0.15, 0.2) is 0 Å². The molecule has 0 aliphatic rings. The fourth-order valence-corrected chi connectivity index (χ4v) is 3.23. The lowest BCUT2D eigenvalue weighted by atomic mass is 9.76. The smallest absolute Gasteiger partial charge is 0.0293 e. The molecule has 0 bridgehead atoms. The van der Waals surface area contributed by atoms with E-state index in [1.54, 1.807) is 0 Å². The van der Waals surface area contributed by atoms with E-state index in [1.165, 1.54) is 5.56 Å². The monoisotopic (exact) mass is 272 g/mol. The van der Waals surface area contributed by atoms with Crippen LogP contribution in [0.2, 0.25) is 0 Å². The predicted octanol–water partition coefficient (Wildman–Crippen LogP) is 5.13. The molecule has 0 saturated carbocycles. The van der Waals surface area contributed by atoms with E-state index in [1.807, 2.05) is 0 Å². The van der Waals surface area contributed by atoms with Gasteiger partial charge in [-0.2, -0.15) is 0 Å². The predicted molar refractivity (Wildman–Crippen MR) is 78.1 cm³/mol. The number of benzene rings is 1. The van der Waals surface area contributed by atoms with Gasteiger partial charge < -0.3 is 0 Å². The summed E-state index contributed by atoms with van der Waals surface area (Å²) in [5.41, 5.74) is 1.49. The van der Waals surface area contributed by atoms with Crippen LogP contribution in [-0.2, 0) is 6.42 Å². The van der Waals surface area contributed by atoms with E-state index in [-0.39, 0.29) is 5.41 Å². The quantitative estimate of drug-likeness (QED) is 0.604. The van der Waals surface area contributed by atoms with Crippen molar-refractivity contribution in [2.75, 3.05) is 11.8 Å². The lowest BCUT2D eigenvalue weighted by Gasteiger charge is -2.34. The highest BCUT2D eigenvalue weighted by atomic mass is 35.5. The number of hydrogen-bond donors (Lipinski definition) is 0. The first-order valence-electron chi connectivity index (χ1n) is 6.30. The van der Waals surface area contributed by atoms with Crippen molar-refractivity contribution in [2.45, 2.75) is 33.1 Å². The Hall–Kier alpha value is -0.200. The standard InChI is InChI=1S/C15H22Cl2/c1-13(2)15(11-16,12-17)10-6-9-14-7-4-3-5-8-14/h3-5,7-8,13H,6,9-12H2,1-2H3. The third-order valence-electron chi connectivity index (χ3n) is 3.74. The molecule has 0 aliphatic carbocycles. The zero-order chi connectivity index (χ0) is 12.7. The van der Waals surface area contributed by atoms with Crippen LogP contribution < -0.4 is 0 Å². The minimum atomic E-state index is 0.0951. The zero-order valence-corrected chi connectivity index (χ0v) is 12.3. The second kappa shape index (κ2) is 7.28. The van der Waals surface area contributed by atoms with E-state index in [9.17, 15) is 0 Å². The minimum Gasteiger partial charge on any atom is -0.126 e. The van der Waals surface area contributed by atoms with Crippen molar-refractivity contribution < 1.29 is 0 Å². The summed E-state index contributed by atoms with van der Waals surface area (Å²) >= 11 is 12.2. The van der Waals surface area contributed by atoms with Gasteiger partial charge in [0.1, 0.15) is 0 Å². The highest BCUT2D eigenvalue weighted by Crippen LogP contribution is 2.36. The van der Waals surface area contributed by atoms with Crippen LogP contribution in [0.15, 0.2) is 30.3 Å². The zero-order valence-electron chi connectivity index (χ0n) is 10.8. The van der Waals surface area contributed by atoms with Gasteiger partial charge in [-0.3, -0.25) is 0 Å². The van der Waals surface area contributed by atoms with Crippen LogP contribution in [0.3, 0.4) is 0 Å². The van der Waals surface area contributed by atoms with Gasteiger partial charge in [0.2, 0.25) is 0 Å². The molecule has 2 heteroatoms. The van der Waals surface area contributed by atoms with Gasteiger partial charge in [-0.15, -0.1) is 23.2 Å². The molecule has 0 unspecified atom stereocenters. The summed E-state index contributed by atoms with van der Waals surface area (Å²) < 4.78 is 0. The van der Waals surface area contributed by atoms with Crippen molar-refractivity contribution >= 4 is 23.2 Å². The summed E-state index contributed by atoms with van der Waals surface area (Å²) in [7, 11) is 0. The molecular formula is C15H22Cl2. The second-order valence-electron chi connectivity index (χ2n) is 5.12. The van der Waals surface area contributed by atoms with Gasteiger partial charge in [0.05, 0.1) is 0 Å². The summed E-state index contributed by atoms with van der Waals surface area (Å²) in [5, 5.41) is 0. The first-order chi connectivity index (χ1) is 8.14. The lowest BCUT2D eigenvalue weighted by molar-refractivity contribution is 0.234. The normalized spacial score (nSPS) is 12.1. The van der Waals surface area contributed by atoms with E-state index in [4.69, 9.17) is 23.2 Å². The number of rotatable bonds is 7. The summed E-state index contributed by atoms with van der Waals surface area (Å²) in [4.78, 5) is 0. The Morgan fingerprint density at radius 1 is 1.06 bits per heavy atom. The highest BCUT2D eigenvalue weighted by molar-refractivity contribution is 6.21. The van der Waals surface area contributed by atoms with Gasteiger partial charge in [-0.05, 0) is 36.2 Å². The highest BCUT2D eigenvalue weighted by Gasteiger charge is 2.31. The molecular weight excluding hydrogens is 251 g/mol. The number of aryl methyl sites for hydroxylation is 1. The third kappa shape index (κ3) is 4.19.